The van der Waals surface area contributed by atoms with Gasteiger partial charge in [0, 0.05) is 32.7 Å². The molecule has 0 saturated carbocycles. The van der Waals surface area contributed by atoms with Gasteiger partial charge in [0.25, 0.3) is 6.47 Å². The van der Waals surface area contributed by atoms with Gasteiger partial charge in [-0.1, -0.05) is 0 Å². The fraction of sp³-hybridized carbons (Fsp3) is 0.909. The smallest absolute Gasteiger partial charge is 0.293 e. The molecule has 1 saturated heterocycles. The van der Waals surface area contributed by atoms with Crippen LogP contribution in [0.25, 0.3) is 0 Å². The van der Waals surface area contributed by atoms with Gasteiger partial charge in [-0.25, -0.2) is 4.39 Å². The van der Waals surface area contributed by atoms with Crippen molar-refractivity contribution in [2.75, 3.05) is 39.4 Å². The number of halogens is 1. The van der Waals surface area contributed by atoms with Gasteiger partial charge >= 0.3 is 0 Å². The summed E-state index contributed by atoms with van der Waals surface area (Å²) in [6, 6.07) is 0. The number of nitrogens with zero attached hydrogens (tertiary/aromatic N) is 1. The molecule has 4 nitrogen and oxygen atoms in total. The molecule has 16 heavy (non-hydrogen) atoms. The van der Waals surface area contributed by atoms with Crippen LogP contribution in [0.2, 0.25) is 0 Å². The molecule has 1 aliphatic rings. The van der Waals surface area contributed by atoms with E-state index >= 15 is 0 Å². The van der Waals surface area contributed by atoms with Crippen LogP contribution in [0.3, 0.4) is 0 Å². The molecule has 96 valence electrons. The maximum atomic E-state index is 11.7. The van der Waals surface area contributed by atoms with Gasteiger partial charge in [-0.15, -0.1) is 0 Å². The first-order chi connectivity index (χ1) is 7.49. The van der Waals surface area contributed by atoms with E-state index in [9.17, 15) is 9.18 Å². The van der Waals surface area contributed by atoms with E-state index in [1.807, 2.05) is 20.8 Å². The van der Waals surface area contributed by atoms with Crippen LogP contribution in [0, 0.1) is 0 Å². The second kappa shape index (κ2) is 8.47. The molecular formula is C11H23FN2O2. The lowest BCUT2D eigenvalue weighted by Gasteiger charge is -2.25. The van der Waals surface area contributed by atoms with E-state index in [1.54, 1.807) is 0 Å². The van der Waals surface area contributed by atoms with E-state index in [2.05, 4.69) is 15.0 Å². The molecule has 0 aromatic heterocycles. The van der Waals surface area contributed by atoms with Crippen LogP contribution in [-0.2, 0) is 9.53 Å². The van der Waals surface area contributed by atoms with Gasteiger partial charge in [-0.05, 0) is 20.8 Å². The van der Waals surface area contributed by atoms with Crippen molar-refractivity contribution < 1.29 is 13.9 Å². The van der Waals surface area contributed by atoms with Crippen LogP contribution in [0.1, 0.15) is 20.8 Å². The Morgan fingerprint density at radius 3 is 2.25 bits per heavy atom. The number of hydrogen-bond donors (Lipinski definition) is 1. The first kappa shape index (κ1) is 15.3. The summed E-state index contributed by atoms with van der Waals surface area (Å²) in [5.74, 6) is 0. The average molecular weight is 234 g/mol. The highest BCUT2D eigenvalue weighted by Crippen LogP contribution is 2.02. The third kappa shape index (κ3) is 9.86. The summed E-state index contributed by atoms with van der Waals surface area (Å²) < 4.78 is 16.3. The Bertz CT molecular complexity index is 175. The summed E-state index contributed by atoms with van der Waals surface area (Å²) >= 11 is 0. The lowest BCUT2D eigenvalue weighted by atomic mass is 10.2. The van der Waals surface area contributed by atoms with Gasteiger partial charge in [0.1, 0.15) is 12.3 Å². The Balaban J connectivity index is 0.000000293. The third-order valence-corrected chi connectivity index (χ3v) is 2.01. The van der Waals surface area contributed by atoms with E-state index in [-0.39, 0.29) is 12.3 Å². The second-order valence-electron chi connectivity index (χ2n) is 4.61. The van der Waals surface area contributed by atoms with Crippen LogP contribution in [0.15, 0.2) is 0 Å². The number of rotatable bonds is 3. The number of nitrogens with one attached hydrogen (secondary N) is 1. The predicted octanol–water partition coefficient (Wildman–Crippen LogP) is 0.819. The van der Waals surface area contributed by atoms with Crippen LogP contribution < -0.4 is 5.32 Å². The minimum Gasteiger partial charge on any atom is -0.462 e. The van der Waals surface area contributed by atoms with Crippen molar-refractivity contribution in [2.24, 2.45) is 0 Å². The fourth-order valence-corrected chi connectivity index (χ4v) is 1.20. The number of piperazine rings is 1. The van der Waals surface area contributed by atoms with Crippen LogP contribution in [0.4, 0.5) is 4.39 Å². The Morgan fingerprint density at radius 2 is 1.94 bits per heavy atom. The standard InChI is InChI=1S/C6H13FN2.C5H10O2/c7-1-4-9-5-2-8-3-6-9;1-5(2,3)7-4-6/h8H,1-6H2;4H,1-3H3. The lowest BCUT2D eigenvalue weighted by Crippen LogP contribution is -2.44. The average Bonchev–Trinajstić information content (AvgIpc) is 2.19. The predicted molar refractivity (Wildman–Crippen MR) is 62.2 cm³/mol. The Hall–Kier alpha value is -0.680. The SMILES string of the molecule is CC(C)(C)OC=O.FCCN1CCNCC1. The maximum absolute atomic E-state index is 11.7. The number of alkyl halides is 1. The molecule has 0 aromatic rings. The molecule has 1 fully saturated rings. The van der Waals surface area contributed by atoms with Gasteiger partial charge in [0.15, 0.2) is 0 Å². The zero-order chi connectivity index (χ0) is 12.4. The molecule has 0 unspecified atom stereocenters. The highest BCUT2D eigenvalue weighted by Gasteiger charge is 2.07. The molecular weight excluding hydrogens is 211 g/mol. The highest BCUT2D eigenvalue weighted by molar-refractivity contribution is 5.37. The molecule has 5 heteroatoms. The minimum atomic E-state index is -0.318. The lowest BCUT2D eigenvalue weighted by molar-refractivity contribution is -0.138. The number of carbonyl (C=O) groups is 1. The Kier molecular flexibility index (Phi) is 8.11. The number of carbonyl (C=O) groups excluding carboxylic acids is 1. The van der Waals surface area contributed by atoms with E-state index in [0.717, 1.165) is 26.2 Å². The van der Waals surface area contributed by atoms with Crippen molar-refractivity contribution in [1.82, 2.24) is 10.2 Å². The summed E-state index contributed by atoms with van der Waals surface area (Å²) in [6.07, 6.45) is 0. The summed E-state index contributed by atoms with van der Waals surface area (Å²) in [5, 5.41) is 3.21. The monoisotopic (exact) mass is 234 g/mol. The van der Waals surface area contributed by atoms with Crippen molar-refractivity contribution >= 4 is 6.47 Å². The van der Waals surface area contributed by atoms with Gasteiger partial charge in [0.2, 0.25) is 0 Å². The number of ether oxygens (including phenoxy) is 1. The molecule has 0 aliphatic carbocycles. The summed E-state index contributed by atoms with van der Waals surface area (Å²) in [7, 11) is 0. The van der Waals surface area contributed by atoms with Crippen molar-refractivity contribution in [2.45, 2.75) is 26.4 Å². The Labute approximate surface area is 97.1 Å². The molecule has 0 amide bonds. The van der Waals surface area contributed by atoms with Crippen LogP contribution in [-0.4, -0.2) is 56.4 Å². The van der Waals surface area contributed by atoms with Gasteiger partial charge in [0.05, 0.1) is 0 Å². The van der Waals surface area contributed by atoms with Crippen molar-refractivity contribution in [3.8, 4) is 0 Å². The van der Waals surface area contributed by atoms with Crippen molar-refractivity contribution in [3.05, 3.63) is 0 Å². The van der Waals surface area contributed by atoms with E-state index < -0.39 is 0 Å². The van der Waals surface area contributed by atoms with E-state index in [0.29, 0.717) is 13.0 Å². The van der Waals surface area contributed by atoms with Gasteiger partial charge in [-0.3, -0.25) is 9.69 Å². The Morgan fingerprint density at radius 1 is 1.38 bits per heavy atom. The normalized spacial score (nSPS) is 17.2. The maximum Gasteiger partial charge on any atom is 0.293 e. The van der Waals surface area contributed by atoms with Crippen LogP contribution >= 0.6 is 0 Å². The quantitative estimate of drug-likeness (QED) is 0.734. The molecule has 1 heterocycles. The highest BCUT2D eigenvalue weighted by atomic mass is 19.1. The third-order valence-electron chi connectivity index (χ3n) is 2.01. The topological polar surface area (TPSA) is 41.6 Å². The fourth-order valence-electron chi connectivity index (χ4n) is 1.20. The van der Waals surface area contributed by atoms with Gasteiger partial charge < -0.3 is 10.1 Å². The molecule has 0 radical (unpaired) electrons. The molecule has 0 spiro atoms. The van der Waals surface area contributed by atoms with Gasteiger partial charge in [-0.2, -0.15) is 0 Å². The first-order valence-corrected chi connectivity index (χ1v) is 5.60. The van der Waals surface area contributed by atoms with Crippen molar-refractivity contribution in [1.29, 1.82) is 0 Å². The van der Waals surface area contributed by atoms with Crippen molar-refractivity contribution in [3.63, 3.8) is 0 Å². The summed E-state index contributed by atoms with van der Waals surface area (Å²) in [6.45, 7) is 10.4. The summed E-state index contributed by atoms with van der Waals surface area (Å²) in [5.41, 5.74) is -0.318. The molecule has 1 rings (SSSR count). The summed E-state index contributed by atoms with van der Waals surface area (Å²) in [4.78, 5) is 11.7. The van der Waals surface area contributed by atoms with E-state index in [4.69, 9.17) is 0 Å². The largest absolute Gasteiger partial charge is 0.462 e. The minimum absolute atomic E-state index is 0.208. The molecule has 1 N–H and O–H groups in total. The van der Waals surface area contributed by atoms with Crippen LogP contribution in [0.5, 0.6) is 0 Å². The molecule has 0 aromatic carbocycles. The zero-order valence-corrected chi connectivity index (χ0v) is 10.5. The first-order valence-electron chi connectivity index (χ1n) is 5.60. The molecule has 1 aliphatic heterocycles. The molecule has 0 atom stereocenters. The molecule has 0 bridgehead atoms. The zero-order valence-electron chi connectivity index (χ0n) is 10.5. The van der Waals surface area contributed by atoms with E-state index in [1.165, 1.54) is 0 Å². The number of hydrogen-bond acceptors (Lipinski definition) is 4. The second-order valence-corrected chi connectivity index (χ2v) is 4.61.